The van der Waals surface area contributed by atoms with Crippen molar-refractivity contribution in [1.29, 1.82) is 0 Å². The number of ether oxygens (including phenoxy) is 1. The van der Waals surface area contributed by atoms with Gasteiger partial charge in [-0.05, 0) is 18.9 Å². The van der Waals surface area contributed by atoms with Gasteiger partial charge in [0.2, 0.25) is 15.9 Å². The second-order valence-corrected chi connectivity index (χ2v) is 7.23. The largest absolute Gasteiger partial charge is 0.481 e. The summed E-state index contributed by atoms with van der Waals surface area (Å²) in [5.74, 6) is 0.742. The van der Waals surface area contributed by atoms with Gasteiger partial charge in [0.25, 0.3) is 0 Å². The lowest BCUT2D eigenvalue weighted by Gasteiger charge is -2.31. The number of methoxy groups -OCH3 is 1. The van der Waals surface area contributed by atoms with Gasteiger partial charge in [0.05, 0.1) is 13.2 Å². The van der Waals surface area contributed by atoms with E-state index in [0.29, 0.717) is 44.3 Å². The molecule has 0 radical (unpaired) electrons. The third-order valence-corrected chi connectivity index (χ3v) is 5.84. The van der Waals surface area contributed by atoms with Crippen LogP contribution in [0.15, 0.2) is 17.0 Å². The number of aliphatic hydroxyl groups is 1. The molecule has 7 nitrogen and oxygen atoms in total. The molecule has 1 aromatic heterocycles. The molecule has 1 aromatic rings. The number of hydrogen-bond acceptors (Lipinski definition) is 6. The number of aliphatic hydroxyl groups excluding tert-OH is 1. The standard InChI is InChI=1S/C13H19N3O4S/c1-20-12-4-3-11(21(18,19)16-6-2-7-16)13(14-12)15-8-5-10(17)9-15/h3-4,10,17H,2,5-9H2,1H3/t10-/m0/s1. The highest BCUT2D eigenvalue weighted by molar-refractivity contribution is 7.89. The van der Waals surface area contributed by atoms with Crippen molar-refractivity contribution >= 4 is 15.8 Å². The molecule has 3 heterocycles. The van der Waals surface area contributed by atoms with Crippen molar-refractivity contribution in [1.82, 2.24) is 9.29 Å². The highest BCUT2D eigenvalue weighted by Crippen LogP contribution is 2.32. The average molecular weight is 313 g/mol. The van der Waals surface area contributed by atoms with Crippen molar-refractivity contribution in [3.63, 3.8) is 0 Å². The molecule has 3 rings (SSSR count). The lowest BCUT2D eigenvalue weighted by molar-refractivity contribution is 0.198. The molecular weight excluding hydrogens is 294 g/mol. The number of rotatable bonds is 4. The molecule has 2 saturated heterocycles. The van der Waals surface area contributed by atoms with Gasteiger partial charge in [0, 0.05) is 32.2 Å². The van der Waals surface area contributed by atoms with Gasteiger partial charge in [-0.15, -0.1) is 0 Å². The molecule has 8 heteroatoms. The number of pyridine rings is 1. The van der Waals surface area contributed by atoms with Crippen molar-refractivity contribution in [3.8, 4) is 5.88 Å². The van der Waals surface area contributed by atoms with E-state index in [4.69, 9.17) is 4.74 Å². The molecule has 2 aliphatic heterocycles. The third kappa shape index (κ3) is 2.58. The van der Waals surface area contributed by atoms with Crippen LogP contribution in [0, 0.1) is 0 Å². The fourth-order valence-corrected chi connectivity index (χ4v) is 4.22. The summed E-state index contributed by atoms with van der Waals surface area (Å²) >= 11 is 0. The Bertz CT molecular complexity index is 630. The topological polar surface area (TPSA) is 83.0 Å². The highest BCUT2D eigenvalue weighted by Gasteiger charge is 2.34. The fourth-order valence-electron chi connectivity index (χ4n) is 2.56. The maximum absolute atomic E-state index is 12.6. The Morgan fingerprint density at radius 3 is 2.62 bits per heavy atom. The Labute approximate surface area is 124 Å². The van der Waals surface area contributed by atoms with Crippen LogP contribution in [0.1, 0.15) is 12.8 Å². The SMILES string of the molecule is COc1ccc(S(=O)(=O)N2CCC2)c(N2CC[C@H](O)C2)n1. The van der Waals surface area contributed by atoms with E-state index in [2.05, 4.69) is 4.98 Å². The zero-order chi connectivity index (χ0) is 15.0. The maximum atomic E-state index is 12.6. The molecule has 116 valence electrons. The first-order chi connectivity index (χ1) is 10.0. The highest BCUT2D eigenvalue weighted by atomic mass is 32.2. The van der Waals surface area contributed by atoms with Crippen LogP contribution in [0.2, 0.25) is 0 Å². The summed E-state index contributed by atoms with van der Waals surface area (Å²) in [4.78, 5) is 6.30. The summed E-state index contributed by atoms with van der Waals surface area (Å²) in [6, 6.07) is 3.10. The molecule has 1 atom stereocenters. The Kier molecular flexibility index (Phi) is 3.76. The molecular formula is C13H19N3O4S. The van der Waals surface area contributed by atoms with E-state index >= 15 is 0 Å². The van der Waals surface area contributed by atoms with Crippen molar-refractivity contribution in [2.24, 2.45) is 0 Å². The normalized spacial score (nSPS) is 23.1. The van der Waals surface area contributed by atoms with Crippen LogP contribution < -0.4 is 9.64 Å². The van der Waals surface area contributed by atoms with E-state index in [0.717, 1.165) is 6.42 Å². The van der Waals surface area contributed by atoms with Gasteiger partial charge >= 0.3 is 0 Å². The van der Waals surface area contributed by atoms with Crippen LogP contribution in [0.25, 0.3) is 0 Å². The first-order valence-electron chi connectivity index (χ1n) is 7.00. The van der Waals surface area contributed by atoms with E-state index in [9.17, 15) is 13.5 Å². The molecule has 0 spiro atoms. The number of anilines is 1. The van der Waals surface area contributed by atoms with E-state index in [-0.39, 0.29) is 4.90 Å². The first kappa shape index (κ1) is 14.6. The summed E-state index contributed by atoms with van der Waals surface area (Å²) in [7, 11) is -2.03. The molecule has 1 N–H and O–H groups in total. The van der Waals surface area contributed by atoms with Crippen molar-refractivity contribution < 1.29 is 18.3 Å². The third-order valence-electron chi connectivity index (χ3n) is 3.92. The Morgan fingerprint density at radius 1 is 1.33 bits per heavy atom. The lowest BCUT2D eigenvalue weighted by atomic mass is 10.3. The lowest BCUT2D eigenvalue weighted by Crippen LogP contribution is -2.42. The Morgan fingerprint density at radius 2 is 2.10 bits per heavy atom. The van der Waals surface area contributed by atoms with Gasteiger partial charge in [-0.1, -0.05) is 0 Å². The van der Waals surface area contributed by atoms with E-state index < -0.39 is 16.1 Å². The maximum Gasteiger partial charge on any atom is 0.246 e. The van der Waals surface area contributed by atoms with Gasteiger partial charge in [-0.2, -0.15) is 9.29 Å². The van der Waals surface area contributed by atoms with E-state index in [1.807, 2.05) is 0 Å². The van der Waals surface area contributed by atoms with Crippen molar-refractivity contribution in [3.05, 3.63) is 12.1 Å². The minimum absolute atomic E-state index is 0.192. The van der Waals surface area contributed by atoms with Gasteiger partial charge in [0.15, 0.2) is 5.82 Å². The van der Waals surface area contributed by atoms with Crippen LogP contribution in [0.4, 0.5) is 5.82 Å². The van der Waals surface area contributed by atoms with Crippen LogP contribution in [0.5, 0.6) is 5.88 Å². The zero-order valence-electron chi connectivity index (χ0n) is 11.9. The van der Waals surface area contributed by atoms with Crippen molar-refractivity contribution in [2.75, 3.05) is 38.2 Å². The molecule has 0 bridgehead atoms. The fraction of sp³-hybridized carbons (Fsp3) is 0.615. The second-order valence-electron chi connectivity index (χ2n) is 5.32. The summed E-state index contributed by atoms with van der Waals surface area (Å²) in [6.07, 6.45) is 1.06. The number of sulfonamides is 1. The minimum atomic E-state index is -3.52. The van der Waals surface area contributed by atoms with E-state index in [1.165, 1.54) is 11.4 Å². The summed E-state index contributed by atoms with van der Waals surface area (Å²) in [5.41, 5.74) is 0. The predicted molar refractivity (Wildman–Crippen MR) is 77.0 cm³/mol. The molecule has 0 aliphatic carbocycles. The quantitative estimate of drug-likeness (QED) is 0.846. The number of β-amino-alcohol motifs (C(OH)–C–C–N with tert-alkyl or cyclic N) is 1. The number of aromatic nitrogens is 1. The summed E-state index contributed by atoms with van der Waals surface area (Å²) in [5, 5.41) is 9.69. The van der Waals surface area contributed by atoms with Crippen LogP contribution in [-0.4, -0.2) is 62.2 Å². The number of nitrogens with zero attached hydrogens (tertiary/aromatic N) is 3. The average Bonchev–Trinajstić information content (AvgIpc) is 2.82. The second kappa shape index (κ2) is 5.43. The Hall–Kier alpha value is -1.38. The number of hydrogen-bond donors (Lipinski definition) is 1. The molecule has 0 unspecified atom stereocenters. The molecule has 0 saturated carbocycles. The monoisotopic (exact) mass is 313 g/mol. The smallest absolute Gasteiger partial charge is 0.246 e. The van der Waals surface area contributed by atoms with Gasteiger partial charge in [-0.3, -0.25) is 0 Å². The molecule has 0 aromatic carbocycles. The van der Waals surface area contributed by atoms with Gasteiger partial charge in [-0.25, -0.2) is 8.42 Å². The molecule has 0 amide bonds. The van der Waals surface area contributed by atoms with Crippen LogP contribution in [-0.2, 0) is 10.0 Å². The molecule has 2 aliphatic rings. The first-order valence-corrected chi connectivity index (χ1v) is 8.44. The Balaban J connectivity index is 2.03. The van der Waals surface area contributed by atoms with Gasteiger partial charge in [0.1, 0.15) is 4.90 Å². The van der Waals surface area contributed by atoms with Crippen molar-refractivity contribution in [2.45, 2.75) is 23.8 Å². The minimum Gasteiger partial charge on any atom is -0.481 e. The van der Waals surface area contributed by atoms with Gasteiger partial charge < -0.3 is 14.7 Å². The van der Waals surface area contributed by atoms with Crippen LogP contribution >= 0.6 is 0 Å². The van der Waals surface area contributed by atoms with E-state index in [1.54, 1.807) is 17.0 Å². The van der Waals surface area contributed by atoms with Crippen LogP contribution in [0.3, 0.4) is 0 Å². The zero-order valence-corrected chi connectivity index (χ0v) is 12.7. The molecule has 2 fully saturated rings. The molecule has 21 heavy (non-hydrogen) atoms. The summed E-state index contributed by atoms with van der Waals surface area (Å²) < 4.78 is 31.8. The summed E-state index contributed by atoms with van der Waals surface area (Å²) in [6.45, 7) is 2.08. The predicted octanol–water partition coefficient (Wildman–Crippen LogP) is 0.0556.